The van der Waals surface area contributed by atoms with Gasteiger partial charge in [0.05, 0.1) is 4.88 Å². The van der Waals surface area contributed by atoms with Crippen molar-refractivity contribution in [3.8, 4) is 0 Å². The smallest absolute Gasteiger partial charge is 0.261 e. The Morgan fingerprint density at radius 1 is 1.28 bits per heavy atom. The number of nitrogens with zero attached hydrogens (tertiary/aromatic N) is 1. The standard InChI is InChI=1S/C19H31N3O2S/c1-13(2)16(22-9-7-14(3)8-10-22)12-20-18(23)15(4)21-19(24)17-6-5-11-25-17/h5-6,11,13-16H,7-10,12H2,1-4H3,(H,20,23)(H,21,24)/t15-,16-/m1/s1. The van der Waals surface area contributed by atoms with Crippen molar-refractivity contribution in [1.29, 1.82) is 0 Å². The van der Waals surface area contributed by atoms with Crippen LogP contribution in [0.25, 0.3) is 0 Å². The van der Waals surface area contributed by atoms with Crippen LogP contribution in [0, 0.1) is 11.8 Å². The monoisotopic (exact) mass is 365 g/mol. The highest BCUT2D eigenvalue weighted by Gasteiger charge is 2.26. The van der Waals surface area contributed by atoms with Crippen molar-refractivity contribution in [2.75, 3.05) is 19.6 Å². The molecule has 2 rings (SSSR count). The zero-order chi connectivity index (χ0) is 18.4. The molecule has 0 aliphatic carbocycles. The molecule has 2 amide bonds. The molecule has 1 aliphatic rings. The average molecular weight is 366 g/mol. The number of rotatable bonds is 7. The lowest BCUT2D eigenvalue weighted by Crippen LogP contribution is -2.52. The van der Waals surface area contributed by atoms with E-state index in [1.54, 1.807) is 13.0 Å². The maximum absolute atomic E-state index is 12.4. The predicted molar refractivity (Wildman–Crippen MR) is 103 cm³/mol. The van der Waals surface area contributed by atoms with Crippen molar-refractivity contribution in [3.63, 3.8) is 0 Å². The van der Waals surface area contributed by atoms with Gasteiger partial charge in [0.15, 0.2) is 0 Å². The second kappa shape index (κ2) is 9.34. The number of hydrogen-bond acceptors (Lipinski definition) is 4. The Morgan fingerprint density at radius 2 is 1.96 bits per heavy atom. The fraction of sp³-hybridized carbons (Fsp3) is 0.684. The molecule has 25 heavy (non-hydrogen) atoms. The quantitative estimate of drug-likeness (QED) is 0.781. The lowest BCUT2D eigenvalue weighted by Gasteiger charge is -2.39. The molecule has 0 spiro atoms. The number of nitrogens with one attached hydrogen (secondary N) is 2. The summed E-state index contributed by atoms with van der Waals surface area (Å²) in [5.41, 5.74) is 0. The summed E-state index contributed by atoms with van der Waals surface area (Å²) in [6, 6.07) is 3.40. The zero-order valence-electron chi connectivity index (χ0n) is 15.7. The molecule has 0 aromatic carbocycles. The number of piperidine rings is 1. The van der Waals surface area contributed by atoms with Gasteiger partial charge >= 0.3 is 0 Å². The molecule has 6 heteroatoms. The summed E-state index contributed by atoms with van der Waals surface area (Å²) in [5, 5.41) is 7.65. The molecule has 0 unspecified atom stereocenters. The van der Waals surface area contributed by atoms with Gasteiger partial charge in [-0.25, -0.2) is 0 Å². The molecule has 2 heterocycles. The van der Waals surface area contributed by atoms with E-state index >= 15 is 0 Å². The Kier molecular flexibility index (Phi) is 7.44. The summed E-state index contributed by atoms with van der Waals surface area (Å²) in [6.07, 6.45) is 2.45. The Morgan fingerprint density at radius 3 is 2.52 bits per heavy atom. The molecular formula is C19H31N3O2S. The van der Waals surface area contributed by atoms with Crippen LogP contribution in [0.4, 0.5) is 0 Å². The van der Waals surface area contributed by atoms with Crippen LogP contribution in [0.3, 0.4) is 0 Å². The molecule has 1 aromatic heterocycles. The van der Waals surface area contributed by atoms with Gasteiger partial charge in [-0.2, -0.15) is 0 Å². The first-order valence-electron chi connectivity index (χ1n) is 9.24. The first-order valence-corrected chi connectivity index (χ1v) is 10.1. The minimum Gasteiger partial charge on any atom is -0.353 e. The summed E-state index contributed by atoms with van der Waals surface area (Å²) >= 11 is 1.38. The number of amides is 2. The maximum Gasteiger partial charge on any atom is 0.261 e. The maximum atomic E-state index is 12.4. The van der Waals surface area contributed by atoms with Crippen LogP contribution >= 0.6 is 11.3 Å². The number of likely N-dealkylation sites (tertiary alicyclic amines) is 1. The molecule has 1 fully saturated rings. The van der Waals surface area contributed by atoms with E-state index in [-0.39, 0.29) is 11.8 Å². The van der Waals surface area contributed by atoms with Crippen LogP contribution in [0.15, 0.2) is 17.5 Å². The molecule has 0 bridgehead atoms. The van der Waals surface area contributed by atoms with E-state index < -0.39 is 6.04 Å². The zero-order valence-corrected chi connectivity index (χ0v) is 16.6. The van der Waals surface area contributed by atoms with Gasteiger partial charge in [0, 0.05) is 12.6 Å². The number of hydrogen-bond donors (Lipinski definition) is 2. The topological polar surface area (TPSA) is 61.4 Å². The normalized spacial score (nSPS) is 18.8. The molecule has 1 saturated heterocycles. The fourth-order valence-corrected chi connectivity index (χ4v) is 3.87. The van der Waals surface area contributed by atoms with Gasteiger partial charge in [-0.15, -0.1) is 11.3 Å². The van der Waals surface area contributed by atoms with Crippen molar-refractivity contribution < 1.29 is 9.59 Å². The lowest BCUT2D eigenvalue weighted by atomic mass is 9.94. The third-order valence-corrected chi connectivity index (χ3v) is 5.90. The van der Waals surface area contributed by atoms with E-state index in [9.17, 15) is 9.59 Å². The molecule has 2 atom stereocenters. The van der Waals surface area contributed by atoms with Crippen LogP contribution in [-0.4, -0.2) is 48.4 Å². The number of carbonyl (C=O) groups is 2. The second-order valence-corrected chi connectivity index (χ2v) is 8.40. The van der Waals surface area contributed by atoms with Gasteiger partial charge in [0.25, 0.3) is 5.91 Å². The first kappa shape index (κ1) is 19.9. The van der Waals surface area contributed by atoms with Crippen molar-refractivity contribution in [2.45, 2.75) is 52.6 Å². The van der Waals surface area contributed by atoms with Crippen LogP contribution < -0.4 is 10.6 Å². The molecule has 1 aromatic rings. The van der Waals surface area contributed by atoms with Crippen molar-refractivity contribution >= 4 is 23.2 Å². The lowest BCUT2D eigenvalue weighted by molar-refractivity contribution is -0.123. The van der Waals surface area contributed by atoms with Crippen molar-refractivity contribution in [1.82, 2.24) is 15.5 Å². The Balaban J connectivity index is 1.82. The highest BCUT2D eigenvalue weighted by molar-refractivity contribution is 7.12. The first-order chi connectivity index (χ1) is 11.9. The number of thiophene rings is 1. The summed E-state index contributed by atoms with van der Waals surface area (Å²) in [4.78, 5) is 27.6. The Bertz CT molecular complexity index is 551. The fourth-order valence-electron chi connectivity index (χ4n) is 3.25. The molecule has 1 aliphatic heterocycles. The van der Waals surface area contributed by atoms with Gasteiger partial charge in [0.2, 0.25) is 5.91 Å². The summed E-state index contributed by atoms with van der Waals surface area (Å²) < 4.78 is 0. The molecule has 2 N–H and O–H groups in total. The molecule has 0 radical (unpaired) electrons. The highest BCUT2D eigenvalue weighted by atomic mass is 32.1. The van der Waals surface area contributed by atoms with E-state index in [2.05, 4.69) is 36.3 Å². The van der Waals surface area contributed by atoms with Gasteiger partial charge < -0.3 is 10.6 Å². The summed E-state index contributed by atoms with van der Waals surface area (Å²) in [7, 11) is 0. The van der Waals surface area contributed by atoms with E-state index in [1.165, 1.54) is 24.2 Å². The highest BCUT2D eigenvalue weighted by Crippen LogP contribution is 2.21. The molecule has 5 nitrogen and oxygen atoms in total. The Labute approximate surface area is 155 Å². The molecular weight excluding hydrogens is 334 g/mol. The predicted octanol–water partition coefficient (Wildman–Crippen LogP) is 2.74. The summed E-state index contributed by atoms with van der Waals surface area (Å²) in [5.74, 6) is 0.958. The van der Waals surface area contributed by atoms with Crippen LogP contribution in [0.2, 0.25) is 0 Å². The molecule has 0 saturated carbocycles. The van der Waals surface area contributed by atoms with Crippen molar-refractivity contribution in [3.05, 3.63) is 22.4 Å². The van der Waals surface area contributed by atoms with E-state index in [1.807, 2.05) is 11.4 Å². The SMILES string of the molecule is CC1CCN([C@H](CNC(=O)[C@@H](C)NC(=O)c2cccs2)C(C)C)CC1. The minimum atomic E-state index is -0.538. The third kappa shape index (κ3) is 5.82. The van der Waals surface area contributed by atoms with Gasteiger partial charge in [-0.3, -0.25) is 14.5 Å². The third-order valence-electron chi connectivity index (χ3n) is 5.03. The molecule has 140 valence electrons. The Hall–Kier alpha value is -1.40. The van der Waals surface area contributed by atoms with E-state index in [0.717, 1.165) is 19.0 Å². The minimum absolute atomic E-state index is 0.124. The van der Waals surface area contributed by atoms with Crippen LogP contribution in [-0.2, 0) is 4.79 Å². The van der Waals surface area contributed by atoms with Crippen LogP contribution in [0.5, 0.6) is 0 Å². The van der Waals surface area contributed by atoms with E-state index in [0.29, 0.717) is 23.4 Å². The largest absolute Gasteiger partial charge is 0.353 e. The van der Waals surface area contributed by atoms with E-state index in [4.69, 9.17) is 0 Å². The van der Waals surface area contributed by atoms with Crippen LogP contribution in [0.1, 0.15) is 50.2 Å². The second-order valence-electron chi connectivity index (χ2n) is 7.45. The summed E-state index contributed by atoms with van der Waals surface area (Å²) in [6.45, 7) is 11.3. The van der Waals surface area contributed by atoms with Gasteiger partial charge in [-0.1, -0.05) is 26.8 Å². The van der Waals surface area contributed by atoms with Gasteiger partial charge in [-0.05, 0) is 56.1 Å². The van der Waals surface area contributed by atoms with Gasteiger partial charge in [0.1, 0.15) is 6.04 Å². The average Bonchev–Trinajstić information content (AvgIpc) is 3.10. The number of carbonyl (C=O) groups excluding carboxylic acids is 2. The van der Waals surface area contributed by atoms with Crippen molar-refractivity contribution in [2.24, 2.45) is 11.8 Å².